The second kappa shape index (κ2) is 5.01. The second-order valence-corrected chi connectivity index (χ2v) is 7.01. The van der Waals surface area contributed by atoms with E-state index in [0.29, 0.717) is 0 Å². The zero-order valence-corrected chi connectivity index (χ0v) is 14.1. The van der Waals surface area contributed by atoms with Gasteiger partial charge < -0.3 is 0 Å². The maximum absolute atomic E-state index is 11.3. The number of halogens is 2. The molecule has 3 rings (SSSR count). The van der Waals surface area contributed by atoms with E-state index >= 15 is 0 Å². The summed E-state index contributed by atoms with van der Waals surface area (Å²) in [5.41, 5.74) is 4.35. The number of rotatable bonds is 1. The van der Waals surface area contributed by atoms with Gasteiger partial charge in [-0.25, -0.2) is 0 Å². The number of aryl methyl sites for hydroxylation is 2. The highest BCUT2D eigenvalue weighted by molar-refractivity contribution is 14.1. The number of benzene rings is 2. The van der Waals surface area contributed by atoms with Gasteiger partial charge in [0.2, 0.25) is 0 Å². The Labute approximate surface area is 137 Å². The summed E-state index contributed by atoms with van der Waals surface area (Å²) in [6, 6.07) is 9.86. The fourth-order valence-corrected chi connectivity index (χ4v) is 3.81. The van der Waals surface area contributed by atoms with Gasteiger partial charge in [0.15, 0.2) is 0 Å². The Morgan fingerprint density at radius 2 is 1.68 bits per heavy atom. The molecule has 0 radical (unpaired) electrons. The highest BCUT2D eigenvalue weighted by Gasteiger charge is 2.25. The van der Waals surface area contributed by atoms with E-state index in [-0.39, 0.29) is 10.6 Å². The first-order valence-electron chi connectivity index (χ1n) is 5.82. The Morgan fingerprint density at radius 3 is 2.42 bits per heavy atom. The van der Waals surface area contributed by atoms with Crippen LogP contribution in [0.5, 0.6) is 0 Å². The smallest absolute Gasteiger partial charge is 0.258 e. The quantitative estimate of drug-likeness (QED) is 0.344. The lowest BCUT2D eigenvalue weighted by Crippen LogP contribution is -2.07. The molecule has 2 aromatic rings. The number of hydrogen-bond acceptors (Lipinski definition) is 2. The third kappa shape index (κ3) is 2.37. The maximum atomic E-state index is 11.3. The van der Waals surface area contributed by atoms with Crippen molar-refractivity contribution in [3.8, 4) is 11.1 Å². The highest BCUT2D eigenvalue weighted by Crippen LogP contribution is 2.41. The molecule has 1 aliphatic carbocycles. The molecule has 0 amide bonds. The van der Waals surface area contributed by atoms with Crippen molar-refractivity contribution in [3.63, 3.8) is 0 Å². The van der Waals surface area contributed by atoms with E-state index in [1.54, 1.807) is 6.07 Å². The topological polar surface area (TPSA) is 43.1 Å². The molecule has 0 aromatic heterocycles. The Kier molecular flexibility index (Phi) is 3.50. The monoisotopic (exact) mass is 477 g/mol. The van der Waals surface area contributed by atoms with Crippen LogP contribution in [-0.2, 0) is 12.8 Å². The molecule has 0 bridgehead atoms. The van der Waals surface area contributed by atoms with Crippen molar-refractivity contribution in [1.82, 2.24) is 0 Å². The number of hydrogen-bond donors (Lipinski definition) is 0. The molecule has 0 saturated carbocycles. The Bertz CT molecular complexity index is 698. The van der Waals surface area contributed by atoms with Crippen molar-refractivity contribution in [2.24, 2.45) is 0 Å². The van der Waals surface area contributed by atoms with Gasteiger partial charge in [0.1, 0.15) is 0 Å². The van der Waals surface area contributed by atoms with E-state index in [1.165, 1.54) is 9.13 Å². The molecule has 0 aliphatic heterocycles. The zero-order chi connectivity index (χ0) is 13.6. The van der Waals surface area contributed by atoms with Crippen molar-refractivity contribution >= 4 is 50.9 Å². The molecule has 96 valence electrons. The van der Waals surface area contributed by atoms with Crippen LogP contribution >= 0.6 is 45.2 Å². The van der Waals surface area contributed by atoms with Crippen LogP contribution in [-0.4, -0.2) is 4.92 Å². The molecule has 5 heteroatoms. The number of nitro benzene ring substituents is 1. The van der Waals surface area contributed by atoms with Crippen molar-refractivity contribution in [1.29, 1.82) is 0 Å². The minimum Gasteiger partial charge on any atom is -0.258 e. The fraction of sp³-hybridized carbons (Fsp3) is 0.143. The minimum atomic E-state index is -0.270. The molecule has 1 aliphatic rings. The van der Waals surface area contributed by atoms with E-state index in [0.717, 1.165) is 33.1 Å². The Balaban J connectivity index is 2.33. The van der Waals surface area contributed by atoms with Crippen LogP contribution in [0, 0.1) is 17.3 Å². The highest BCUT2D eigenvalue weighted by atomic mass is 127. The average molecular weight is 477 g/mol. The number of nitro groups is 1. The van der Waals surface area contributed by atoms with E-state index in [2.05, 4.69) is 57.3 Å². The predicted octanol–water partition coefficient (Wildman–Crippen LogP) is 4.57. The Hall–Kier alpha value is -0.700. The van der Waals surface area contributed by atoms with Crippen molar-refractivity contribution in [2.45, 2.75) is 12.8 Å². The van der Waals surface area contributed by atoms with Gasteiger partial charge in [-0.1, -0.05) is 6.07 Å². The molecule has 0 fully saturated rings. The molecule has 0 N–H and O–H groups in total. The van der Waals surface area contributed by atoms with Crippen LogP contribution in [0.25, 0.3) is 11.1 Å². The second-order valence-electron chi connectivity index (χ2n) is 4.52. The third-order valence-corrected chi connectivity index (χ3v) is 4.65. The lowest BCUT2D eigenvalue weighted by Gasteiger charge is -2.20. The van der Waals surface area contributed by atoms with Gasteiger partial charge in [0.05, 0.1) is 10.5 Å². The first-order chi connectivity index (χ1) is 9.06. The normalized spacial score (nSPS) is 12.7. The largest absolute Gasteiger partial charge is 0.278 e. The van der Waals surface area contributed by atoms with Gasteiger partial charge >= 0.3 is 0 Å². The van der Waals surface area contributed by atoms with Crippen LogP contribution < -0.4 is 0 Å². The molecule has 0 atom stereocenters. The average Bonchev–Trinajstić information content (AvgIpc) is 2.36. The molecular formula is C14H9I2NO2. The SMILES string of the molecule is O=[N+]([O-])c1cc(I)cc2c1-c1ccc(I)cc1CC2. The lowest BCUT2D eigenvalue weighted by molar-refractivity contribution is -0.384. The van der Waals surface area contributed by atoms with Crippen LogP contribution in [0.3, 0.4) is 0 Å². The van der Waals surface area contributed by atoms with Crippen molar-refractivity contribution in [3.05, 3.63) is 58.7 Å². The Morgan fingerprint density at radius 1 is 1.00 bits per heavy atom. The van der Waals surface area contributed by atoms with Gasteiger partial charge in [-0.3, -0.25) is 10.1 Å². The molecule has 19 heavy (non-hydrogen) atoms. The third-order valence-electron chi connectivity index (χ3n) is 3.36. The minimum absolute atomic E-state index is 0.226. The number of nitrogens with zero attached hydrogens (tertiary/aromatic N) is 1. The van der Waals surface area contributed by atoms with Crippen molar-refractivity contribution in [2.75, 3.05) is 0 Å². The lowest BCUT2D eigenvalue weighted by atomic mass is 9.85. The fourth-order valence-electron chi connectivity index (χ4n) is 2.58. The standard InChI is InChI=1S/C14H9I2NO2/c15-10-3-4-12-8(5-10)1-2-9-6-11(16)7-13(14(9)12)17(18)19/h3-7H,1-2H2. The van der Waals surface area contributed by atoms with E-state index in [4.69, 9.17) is 0 Å². The summed E-state index contributed by atoms with van der Waals surface area (Å²) in [4.78, 5) is 11.0. The summed E-state index contributed by atoms with van der Waals surface area (Å²) in [5.74, 6) is 0. The summed E-state index contributed by atoms with van der Waals surface area (Å²) in [5, 5.41) is 11.3. The molecule has 0 spiro atoms. The van der Waals surface area contributed by atoms with Crippen LogP contribution in [0.15, 0.2) is 30.3 Å². The van der Waals surface area contributed by atoms with E-state index in [1.807, 2.05) is 12.1 Å². The molecule has 0 heterocycles. The summed E-state index contributed by atoms with van der Waals surface area (Å²) in [6.45, 7) is 0. The van der Waals surface area contributed by atoms with Gasteiger partial charge in [0.25, 0.3) is 5.69 Å². The predicted molar refractivity (Wildman–Crippen MR) is 91.4 cm³/mol. The van der Waals surface area contributed by atoms with Crippen LogP contribution in [0.4, 0.5) is 5.69 Å². The molecule has 3 nitrogen and oxygen atoms in total. The summed E-state index contributed by atoms with van der Waals surface area (Å²) in [7, 11) is 0. The van der Waals surface area contributed by atoms with Gasteiger partial charge in [-0.05, 0) is 92.9 Å². The summed E-state index contributed by atoms with van der Waals surface area (Å²) in [6.07, 6.45) is 1.83. The molecule has 0 saturated heterocycles. The summed E-state index contributed by atoms with van der Waals surface area (Å²) < 4.78 is 2.10. The van der Waals surface area contributed by atoms with E-state index in [9.17, 15) is 10.1 Å². The summed E-state index contributed by atoms with van der Waals surface area (Å²) >= 11 is 4.42. The number of fused-ring (bicyclic) bond motifs is 3. The van der Waals surface area contributed by atoms with E-state index < -0.39 is 0 Å². The van der Waals surface area contributed by atoms with Gasteiger partial charge in [-0.2, -0.15) is 0 Å². The first-order valence-corrected chi connectivity index (χ1v) is 7.97. The molecular weight excluding hydrogens is 468 g/mol. The van der Waals surface area contributed by atoms with Gasteiger partial charge in [0, 0.05) is 13.2 Å². The zero-order valence-electron chi connectivity index (χ0n) is 9.82. The van der Waals surface area contributed by atoms with Crippen LogP contribution in [0.2, 0.25) is 0 Å². The van der Waals surface area contributed by atoms with Crippen LogP contribution in [0.1, 0.15) is 11.1 Å². The first kappa shape index (κ1) is 13.3. The van der Waals surface area contributed by atoms with Gasteiger partial charge in [-0.15, -0.1) is 0 Å². The molecule has 2 aromatic carbocycles. The van der Waals surface area contributed by atoms with Crippen molar-refractivity contribution < 1.29 is 4.92 Å². The molecule has 0 unspecified atom stereocenters. The maximum Gasteiger partial charge on any atom is 0.278 e.